The Labute approximate surface area is 170 Å². The second-order valence-corrected chi connectivity index (χ2v) is 8.23. The number of hydrogen-bond donors (Lipinski definition) is 1. The first kappa shape index (κ1) is 20.7. The summed E-state index contributed by atoms with van der Waals surface area (Å²) in [4.78, 5) is 11.6. The molecule has 28 heavy (non-hydrogen) atoms. The van der Waals surface area contributed by atoms with Crippen molar-refractivity contribution >= 4 is 17.3 Å². The molecule has 5 nitrogen and oxygen atoms in total. The highest BCUT2D eigenvalue weighted by molar-refractivity contribution is 7.09. The summed E-state index contributed by atoms with van der Waals surface area (Å²) in [6, 6.07) is 7.07. The van der Waals surface area contributed by atoms with E-state index in [1.807, 2.05) is 33.0 Å². The van der Waals surface area contributed by atoms with Crippen LogP contribution in [0.15, 0.2) is 34.6 Å². The largest absolute Gasteiger partial charge is 0.375 e. The van der Waals surface area contributed by atoms with Crippen molar-refractivity contribution in [2.24, 2.45) is 4.99 Å². The van der Waals surface area contributed by atoms with Crippen molar-refractivity contribution in [3.05, 3.63) is 51.7 Å². The number of aliphatic imine (C=N–C) groups is 1. The molecule has 1 aliphatic rings. The smallest absolute Gasteiger partial charge is 0.194 e. The molecule has 1 unspecified atom stereocenters. The average molecular weight is 405 g/mol. The maximum atomic E-state index is 14.2. The van der Waals surface area contributed by atoms with Crippen LogP contribution in [0, 0.1) is 5.82 Å². The SMILES string of the molecule is CCNC(=NCC1(c2ccccc2F)CC1)N(C)Cc1csc(C(C)OC)n1. The van der Waals surface area contributed by atoms with Crippen LogP contribution in [0.25, 0.3) is 0 Å². The lowest BCUT2D eigenvalue weighted by Crippen LogP contribution is -2.39. The number of thiazole rings is 1. The Kier molecular flexibility index (Phi) is 6.67. The van der Waals surface area contributed by atoms with Gasteiger partial charge in [0.1, 0.15) is 16.9 Å². The Balaban J connectivity index is 1.70. The van der Waals surface area contributed by atoms with E-state index in [9.17, 15) is 4.39 Å². The fraction of sp³-hybridized carbons (Fsp3) is 0.524. The number of halogens is 1. The van der Waals surface area contributed by atoms with Crippen molar-refractivity contribution in [2.75, 3.05) is 27.2 Å². The number of nitrogens with one attached hydrogen (secondary N) is 1. The molecule has 7 heteroatoms. The van der Waals surface area contributed by atoms with Gasteiger partial charge in [-0.05, 0) is 38.3 Å². The molecule has 1 heterocycles. The second kappa shape index (κ2) is 9.01. The van der Waals surface area contributed by atoms with Crippen molar-refractivity contribution in [3.8, 4) is 0 Å². The minimum atomic E-state index is -0.158. The summed E-state index contributed by atoms with van der Waals surface area (Å²) in [5.41, 5.74) is 1.62. The molecule has 0 radical (unpaired) electrons. The van der Waals surface area contributed by atoms with E-state index >= 15 is 0 Å². The molecule has 1 N–H and O–H groups in total. The first-order valence-corrected chi connectivity index (χ1v) is 10.6. The summed E-state index contributed by atoms with van der Waals surface area (Å²) >= 11 is 1.61. The van der Waals surface area contributed by atoms with Crippen LogP contribution in [0.3, 0.4) is 0 Å². The van der Waals surface area contributed by atoms with Crippen LogP contribution in [0.4, 0.5) is 4.39 Å². The minimum Gasteiger partial charge on any atom is -0.375 e. The maximum Gasteiger partial charge on any atom is 0.194 e. The third kappa shape index (κ3) is 4.70. The van der Waals surface area contributed by atoms with E-state index in [0.717, 1.165) is 41.6 Å². The van der Waals surface area contributed by atoms with Gasteiger partial charge in [0, 0.05) is 31.5 Å². The number of benzene rings is 1. The molecular weight excluding hydrogens is 375 g/mol. The average Bonchev–Trinajstić information content (AvgIpc) is 3.34. The highest BCUT2D eigenvalue weighted by Crippen LogP contribution is 2.49. The number of methoxy groups -OCH3 is 1. The Morgan fingerprint density at radius 3 is 2.82 bits per heavy atom. The summed E-state index contributed by atoms with van der Waals surface area (Å²) in [5, 5.41) is 6.38. The number of rotatable bonds is 8. The Morgan fingerprint density at radius 2 is 2.18 bits per heavy atom. The van der Waals surface area contributed by atoms with Gasteiger partial charge in [0.15, 0.2) is 5.96 Å². The summed E-state index contributed by atoms with van der Waals surface area (Å²) < 4.78 is 19.6. The van der Waals surface area contributed by atoms with Gasteiger partial charge >= 0.3 is 0 Å². The van der Waals surface area contributed by atoms with E-state index < -0.39 is 0 Å². The van der Waals surface area contributed by atoms with Gasteiger partial charge in [0.25, 0.3) is 0 Å². The third-order valence-electron chi connectivity index (χ3n) is 5.20. The van der Waals surface area contributed by atoms with E-state index in [1.165, 1.54) is 6.07 Å². The van der Waals surface area contributed by atoms with Crippen LogP contribution in [-0.2, 0) is 16.7 Å². The van der Waals surface area contributed by atoms with Gasteiger partial charge in [-0.1, -0.05) is 18.2 Å². The number of nitrogens with zero attached hydrogens (tertiary/aromatic N) is 3. The highest BCUT2D eigenvalue weighted by atomic mass is 32.1. The molecule has 1 aromatic heterocycles. The Hall–Kier alpha value is -1.99. The first-order valence-electron chi connectivity index (χ1n) is 9.70. The van der Waals surface area contributed by atoms with Crippen molar-refractivity contribution in [1.82, 2.24) is 15.2 Å². The zero-order chi connectivity index (χ0) is 20.1. The Bertz CT molecular complexity index is 818. The quantitative estimate of drug-likeness (QED) is 0.531. The normalized spacial score (nSPS) is 16.7. The molecule has 2 aromatic rings. The molecule has 0 bridgehead atoms. The standard InChI is InChI=1S/C21H29FN4OS/c1-5-23-20(26(3)12-16-13-28-19(25-16)15(2)27-4)24-14-21(10-11-21)17-8-6-7-9-18(17)22/h6-9,13,15H,5,10-12,14H2,1-4H3,(H,23,24). The molecule has 1 saturated carbocycles. The predicted octanol–water partition coefficient (Wildman–Crippen LogP) is 4.12. The fourth-order valence-corrected chi connectivity index (χ4v) is 4.09. The van der Waals surface area contributed by atoms with Crippen LogP contribution in [-0.4, -0.2) is 43.1 Å². The lowest BCUT2D eigenvalue weighted by atomic mass is 9.95. The van der Waals surface area contributed by atoms with E-state index in [1.54, 1.807) is 24.5 Å². The molecule has 0 spiro atoms. The first-order chi connectivity index (χ1) is 13.5. The molecule has 3 rings (SSSR count). The topological polar surface area (TPSA) is 49.8 Å². The minimum absolute atomic E-state index is 0.00135. The van der Waals surface area contributed by atoms with Gasteiger partial charge in [-0.25, -0.2) is 9.37 Å². The van der Waals surface area contributed by atoms with Gasteiger partial charge in [-0.3, -0.25) is 4.99 Å². The Morgan fingerprint density at radius 1 is 1.43 bits per heavy atom. The summed E-state index contributed by atoms with van der Waals surface area (Å²) in [6.07, 6.45) is 1.96. The summed E-state index contributed by atoms with van der Waals surface area (Å²) in [7, 11) is 3.69. The third-order valence-corrected chi connectivity index (χ3v) is 6.25. The van der Waals surface area contributed by atoms with Crippen molar-refractivity contribution < 1.29 is 9.13 Å². The molecule has 0 aliphatic heterocycles. The van der Waals surface area contributed by atoms with Crippen LogP contribution in [0.2, 0.25) is 0 Å². The lowest BCUT2D eigenvalue weighted by molar-refractivity contribution is 0.119. The van der Waals surface area contributed by atoms with Gasteiger partial charge in [0.2, 0.25) is 0 Å². The van der Waals surface area contributed by atoms with E-state index in [-0.39, 0.29) is 17.3 Å². The summed E-state index contributed by atoms with van der Waals surface area (Å²) in [6.45, 7) is 6.07. The van der Waals surface area contributed by atoms with Gasteiger partial charge < -0.3 is 15.0 Å². The van der Waals surface area contributed by atoms with E-state index in [0.29, 0.717) is 13.1 Å². The zero-order valence-electron chi connectivity index (χ0n) is 17.0. The van der Waals surface area contributed by atoms with Crippen LogP contribution < -0.4 is 5.32 Å². The molecule has 152 valence electrons. The van der Waals surface area contributed by atoms with Crippen molar-refractivity contribution in [2.45, 2.75) is 44.8 Å². The number of ether oxygens (including phenoxy) is 1. The lowest BCUT2D eigenvalue weighted by Gasteiger charge is -2.22. The number of guanidine groups is 1. The zero-order valence-corrected chi connectivity index (χ0v) is 17.9. The fourth-order valence-electron chi connectivity index (χ4n) is 3.25. The molecule has 1 atom stereocenters. The molecule has 1 fully saturated rings. The van der Waals surface area contributed by atoms with Crippen molar-refractivity contribution in [3.63, 3.8) is 0 Å². The van der Waals surface area contributed by atoms with Gasteiger partial charge in [0.05, 0.1) is 18.8 Å². The van der Waals surface area contributed by atoms with Crippen LogP contribution >= 0.6 is 11.3 Å². The maximum absolute atomic E-state index is 14.2. The molecule has 0 amide bonds. The van der Waals surface area contributed by atoms with E-state index in [2.05, 4.69) is 20.6 Å². The number of aromatic nitrogens is 1. The van der Waals surface area contributed by atoms with Crippen LogP contribution in [0.1, 0.15) is 49.1 Å². The predicted molar refractivity (Wildman–Crippen MR) is 112 cm³/mol. The highest BCUT2D eigenvalue weighted by Gasteiger charge is 2.45. The monoisotopic (exact) mass is 404 g/mol. The van der Waals surface area contributed by atoms with Gasteiger partial charge in [-0.15, -0.1) is 11.3 Å². The molecule has 1 aromatic carbocycles. The van der Waals surface area contributed by atoms with E-state index in [4.69, 9.17) is 9.73 Å². The second-order valence-electron chi connectivity index (χ2n) is 7.34. The van der Waals surface area contributed by atoms with Crippen LogP contribution in [0.5, 0.6) is 0 Å². The summed E-state index contributed by atoms with van der Waals surface area (Å²) in [5.74, 6) is 0.690. The number of hydrogen-bond acceptors (Lipinski definition) is 4. The molecule has 1 aliphatic carbocycles. The van der Waals surface area contributed by atoms with Gasteiger partial charge in [-0.2, -0.15) is 0 Å². The van der Waals surface area contributed by atoms with Crippen molar-refractivity contribution in [1.29, 1.82) is 0 Å². The molecular formula is C21H29FN4OS. The molecule has 0 saturated heterocycles.